The fourth-order valence-corrected chi connectivity index (χ4v) is 2.25. The Labute approximate surface area is 110 Å². The van der Waals surface area contributed by atoms with Crippen LogP contribution in [-0.2, 0) is 9.47 Å². The van der Waals surface area contributed by atoms with Crippen LogP contribution in [0.5, 0.6) is 0 Å². The molecule has 0 amide bonds. The van der Waals surface area contributed by atoms with Crippen LogP contribution in [0, 0.1) is 0 Å². The van der Waals surface area contributed by atoms with Crippen LogP contribution >= 0.6 is 11.8 Å². The first-order valence-corrected chi connectivity index (χ1v) is 7.51. The first-order valence-electron chi connectivity index (χ1n) is 6.12. The molecule has 0 aliphatic heterocycles. The van der Waals surface area contributed by atoms with Gasteiger partial charge in [0.05, 0.1) is 13.2 Å². The van der Waals surface area contributed by atoms with Gasteiger partial charge in [-0.15, -0.1) is 0 Å². The highest BCUT2D eigenvalue weighted by molar-refractivity contribution is 7.98. The average molecular weight is 264 g/mol. The standard InChI is InChI=1S/C12H28N2O2S/c1-11(10-16-3)14(6-7-15-2)9-12(13)5-8-17-4/h11-12H,5-10,13H2,1-4H3/t11?,12-/m1/s1. The zero-order valence-corrected chi connectivity index (χ0v) is 12.5. The first kappa shape index (κ1) is 17.2. The van der Waals surface area contributed by atoms with Crippen molar-refractivity contribution in [2.45, 2.75) is 25.4 Å². The van der Waals surface area contributed by atoms with Crippen molar-refractivity contribution in [3.05, 3.63) is 0 Å². The number of nitrogens with two attached hydrogens (primary N) is 1. The van der Waals surface area contributed by atoms with Crippen molar-refractivity contribution in [3.8, 4) is 0 Å². The molecular formula is C12H28N2O2S. The molecule has 0 aromatic rings. The van der Waals surface area contributed by atoms with Crippen molar-refractivity contribution in [3.63, 3.8) is 0 Å². The molecule has 17 heavy (non-hydrogen) atoms. The molecule has 1 unspecified atom stereocenters. The Morgan fingerprint density at radius 2 is 2.00 bits per heavy atom. The van der Waals surface area contributed by atoms with E-state index in [4.69, 9.17) is 15.2 Å². The van der Waals surface area contributed by atoms with Gasteiger partial charge in [-0.1, -0.05) is 0 Å². The average Bonchev–Trinajstić information content (AvgIpc) is 2.32. The molecule has 0 heterocycles. The minimum atomic E-state index is 0.235. The van der Waals surface area contributed by atoms with E-state index in [0.717, 1.165) is 38.5 Å². The molecular weight excluding hydrogens is 236 g/mol. The summed E-state index contributed by atoms with van der Waals surface area (Å²) in [5, 5.41) is 0. The minimum absolute atomic E-state index is 0.235. The van der Waals surface area contributed by atoms with Crippen LogP contribution in [0.15, 0.2) is 0 Å². The number of nitrogens with zero attached hydrogens (tertiary/aromatic N) is 1. The Balaban J connectivity index is 4.06. The second kappa shape index (κ2) is 11.3. The molecule has 0 aromatic carbocycles. The summed E-state index contributed by atoms with van der Waals surface area (Å²) < 4.78 is 10.3. The van der Waals surface area contributed by atoms with E-state index < -0.39 is 0 Å². The van der Waals surface area contributed by atoms with Gasteiger partial charge in [0, 0.05) is 39.4 Å². The van der Waals surface area contributed by atoms with Gasteiger partial charge in [0.1, 0.15) is 0 Å². The number of ether oxygens (including phenoxy) is 2. The van der Waals surface area contributed by atoms with Crippen LogP contribution < -0.4 is 5.73 Å². The molecule has 4 nitrogen and oxygen atoms in total. The molecule has 0 spiro atoms. The lowest BCUT2D eigenvalue weighted by Crippen LogP contribution is -2.45. The predicted molar refractivity (Wildman–Crippen MR) is 75.8 cm³/mol. The number of thioether (sulfide) groups is 1. The van der Waals surface area contributed by atoms with E-state index >= 15 is 0 Å². The largest absolute Gasteiger partial charge is 0.383 e. The van der Waals surface area contributed by atoms with Gasteiger partial charge in [-0.3, -0.25) is 4.90 Å². The van der Waals surface area contributed by atoms with Gasteiger partial charge in [-0.2, -0.15) is 11.8 Å². The summed E-state index contributed by atoms with van der Waals surface area (Å²) in [6.45, 7) is 5.46. The molecule has 2 atom stereocenters. The molecule has 0 aliphatic rings. The maximum absolute atomic E-state index is 6.13. The van der Waals surface area contributed by atoms with Crippen LogP contribution in [0.1, 0.15) is 13.3 Å². The van der Waals surface area contributed by atoms with E-state index in [2.05, 4.69) is 18.1 Å². The highest BCUT2D eigenvalue weighted by atomic mass is 32.2. The Hall–Kier alpha value is 0.190. The van der Waals surface area contributed by atoms with Crippen LogP contribution in [0.25, 0.3) is 0 Å². The van der Waals surface area contributed by atoms with Gasteiger partial charge in [0.15, 0.2) is 0 Å². The van der Waals surface area contributed by atoms with Crippen LogP contribution in [0.3, 0.4) is 0 Å². The third kappa shape index (κ3) is 8.85. The summed E-state index contributed by atoms with van der Waals surface area (Å²) in [6, 6.07) is 0.620. The first-order chi connectivity index (χ1) is 8.15. The smallest absolute Gasteiger partial charge is 0.0615 e. The topological polar surface area (TPSA) is 47.7 Å². The summed E-state index contributed by atoms with van der Waals surface area (Å²) in [5.74, 6) is 1.12. The van der Waals surface area contributed by atoms with Gasteiger partial charge in [-0.05, 0) is 25.4 Å². The van der Waals surface area contributed by atoms with E-state index in [-0.39, 0.29) is 6.04 Å². The van der Waals surface area contributed by atoms with Crippen LogP contribution in [0.4, 0.5) is 0 Å². The van der Waals surface area contributed by atoms with Crippen molar-refractivity contribution < 1.29 is 9.47 Å². The molecule has 0 aromatic heterocycles. The van der Waals surface area contributed by atoms with Gasteiger partial charge < -0.3 is 15.2 Å². The Morgan fingerprint density at radius 1 is 1.29 bits per heavy atom. The molecule has 0 aliphatic carbocycles. The third-order valence-corrected chi connectivity index (χ3v) is 3.42. The number of methoxy groups -OCH3 is 2. The fourth-order valence-electron chi connectivity index (χ4n) is 1.71. The molecule has 0 saturated carbocycles. The lowest BCUT2D eigenvalue weighted by Gasteiger charge is -2.30. The van der Waals surface area contributed by atoms with Gasteiger partial charge in [-0.25, -0.2) is 0 Å². The highest BCUT2D eigenvalue weighted by Crippen LogP contribution is 2.05. The Bertz CT molecular complexity index is 173. The zero-order chi connectivity index (χ0) is 13.1. The van der Waals surface area contributed by atoms with Crippen molar-refractivity contribution >= 4 is 11.8 Å². The molecule has 2 N–H and O–H groups in total. The van der Waals surface area contributed by atoms with E-state index in [1.165, 1.54) is 0 Å². The van der Waals surface area contributed by atoms with Crippen molar-refractivity contribution in [1.29, 1.82) is 0 Å². The lowest BCUT2D eigenvalue weighted by molar-refractivity contribution is 0.0712. The quantitative estimate of drug-likeness (QED) is 0.604. The van der Waals surface area contributed by atoms with Crippen molar-refractivity contribution in [2.24, 2.45) is 5.73 Å². The Morgan fingerprint density at radius 3 is 2.53 bits per heavy atom. The van der Waals surface area contributed by atoms with Crippen LogP contribution in [-0.4, -0.2) is 69.5 Å². The number of hydrogen-bond acceptors (Lipinski definition) is 5. The second-order valence-corrected chi connectivity index (χ2v) is 5.32. The normalized spacial score (nSPS) is 15.2. The zero-order valence-electron chi connectivity index (χ0n) is 11.6. The molecule has 104 valence electrons. The van der Waals surface area contributed by atoms with Gasteiger partial charge in [0.25, 0.3) is 0 Å². The summed E-state index contributed by atoms with van der Waals surface area (Å²) in [5.41, 5.74) is 6.13. The number of hydrogen-bond donors (Lipinski definition) is 1. The van der Waals surface area contributed by atoms with E-state index in [1.807, 2.05) is 11.8 Å². The summed E-state index contributed by atoms with van der Waals surface area (Å²) in [6.07, 6.45) is 3.17. The molecule has 0 bridgehead atoms. The minimum Gasteiger partial charge on any atom is -0.383 e. The summed E-state index contributed by atoms with van der Waals surface area (Å²) in [4.78, 5) is 2.35. The Kier molecular flexibility index (Phi) is 11.4. The number of rotatable bonds is 11. The molecule has 0 saturated heterocycles. The SMILES string of the molecule is COCCN(C[C@H](N)CCSC)C(C)COC. The van der Waals surface area contributed by atoms with E-state index in [9.17, 15) is 0 Å². The van der Waals surface area contributed by atoms with Gasteiger partial charge in [0.2, 0.25) is 0 Å². The maximum Gasteiger partial charge on any atom is 0.0615 e. The predicted octanol–water partition coefficient (Wildman–Crippen LogP) is 1.05. The van der Waals surface area contributed by atoms with Crippen molar-refractivity contribution in [1.82, 2.24) is 4.90 Å². The molecule has 0 radical (unpaired) electrons. The lowest BCUT2D eigenvalue weighted by atomic mass is 10.2. The van der Waals surface area contributed by atoms with E-state index in [1.54, 1.807) is 14.2 Å². The molecule has 0 fully saturated rings. The fraction of sp³-hybridized carbons (Fsp3) is 1.00. The molecule has 0 rings (SSSR count). The summed E-state index contributed by atoms with van der Waals surface area (Å²) in [7, 11) is 3.46. The molecule has 5 heteroatoms. The van der Waals surface area contributed by atoms with Gasteiger partial charge >= 0.3 is 0 Å². The summed E-state index contributed by atoms with van der Waals surface area (Å²) >= 11 is 1.85. The maximum atomic E-state index is 6.13. The van der Waals surface area contributed by atoms with Crippen LogP contribution in [0.2, 0.25) is 0 Å². The second-order valence-electron chi connectivity index (χ2n) is 4.33. The van der Waals surface area contributed by atoms with E-state index in [0.29, 0.717) is 6.04 Å². The van der Waals surface area contributed by atoms with Crippen molar-refractivity contribution in [2.75, 3.05) is 52.5 Å². The third-order valence-electron chi connectivity index (χ3n) is 2.78. The monoisotopic (exact) mass is 264 g/mol. The highest BCUT2D eigenvalue weighted by Gasteiger charge is 2.16.